The van der Waals surface area contributed by atoms with Crippen LogP contribution in [0.15, 0.2) is 35.7 Å². The van der Waals surface area contributed by atoms with Gasteiger partial charge in [0.05, 0.1) is 11.6 Å². The molecule has 0 bridgehead atoms. The number of carbonyl (C=O) groups excluding carboxylic acids is 1. The van der Waals surface area contributed by atoms with E-state index in [1.807, 2.05) is 23.6 Å². The summed E-state index contributed by atoms with van der Waals surface area (Å²) in [6, 6.07) is 10.5. The minimum absolute atomic E-state index is 0.0940. The summed E-state index contributed by atoms with van der Waals surface area (Å²) < 4.78 is 0. The molecule has 4 rings (SSSR count). The second kappa shape index (κ2) is 8.41. The Morgan fingerprint density at radius 3 is 2.64 bits per heavy atom. The van der Waals surface area contributed by atoms with Crippen LogP contribution in [0.1, 0.15) is 46.7 Å². The van der Waals surface area contributed by atoms with Crippen LogP contribution < -0.4 is 5.32 Å². The number of benzene rings is 1. The molecule has 1 amide bonds. The van der Waals surface area contributed by atoms with Crippen molar-refractivity contribution < 1.29 is 14.7 Å². The Morgan fingerprint density at radius 2 is 1.96 bits per heavy atom. The third-order valence-electron chi connectivity index (χ3n) is 5.48. The number of amides is 1. The second-order valence-corrected chi connectivity index (χ2v) is 8.79. The van der Waals surface area contributed by atoms with E-state index in [2.05, 4.69) is 27.3 Å². The lowest BCUT2D eigenvalue weighted by atomic mass is 9.85. The standard InChI is InChI=1S/C21H25N3O3S/c25-20(26)12-24(11-15-6-7-15)17-9-16(10-17)22-21(27)18-13-28-19(23-18)8-14-4-2-1-3-5-14/h1-5,13,15-17H,6-12H2,(H,22,27)(H,25,26). The highest BCUT2D eigenvalue weighted by atomic mass is 32.1. The van der Waals surface area contributed by atoms with E-state index in [-0.39, 0.29) is 24.5 Å². The summed E-state index contributed by atoms with van der Waals surface area (Å²) >= 11 is 1.51. The fourth-order valence-corrected chi connectivity index (χ4v) is 4.49. The van der Waals surface area contributed by atoms with E-state index in [0.717, 1.165) is 30.8 Å². The Bertz CT molecular complexity index is 828. The van der Waals surface area contributed by atoms with Gasteiger partial charge in [0.15, 0.2) is 0 Å². The van der Waals surface area contributed by atoms with Gasteiger partial charge in [-0.25, -0.2) is 4.98 Å². The van der Waals surface area contributed by atoms with Gasteiger partial charge < -0.3 is 10.4 Å². The van der Waals surface area contributed by atoms with Gasteiger partial charge in [0.1, 0.15) is 5.69 Å². The van der Waals surface area contributed by atoms with Crippen molar-refractivity contribution in [3.8, 4) is 0 Å². The van der Waals surface area contributed by atoms with Gasteiger partial charge in [-0.3, -0.25) is 14.5 Å². The van der Waals surface area contributed by atoms with Gasteiger partial charge in [-0.1, -0.05) is 30.3 Å². The number of carbonyl (C=O) groups is 2. The van der Waals surface area contributed by atoms with Crippen LogP contribution in [0.25, 0.3) is 0 Å². The van der Waals surface area contributed by atoms with Crippen LogP contribution in [0, 0.1) is 5.92 Å². The van der Waals surface area contributed by atoms with Crippen LogP contribution >= 0.6 is 11.3 Å². The predicted molar refractivity (Wildman–Crippen MR) is 108 cm³/mol. The average molecular weight is 400 g/mol. The number of aliphatic carboxylic acids is 1. The molecule has 28 heavy (non-hydrogen) atoms. The lowest BCUT2D eigenvalue weighted by Crippen LogP contribution is -2.55. The molecule has 0 spiro atoms. The number of hydrogen-bond donors (Lipinski definition) is 2. The lowest BCUT2D eigenvalue weighted by Gasteiger charge is -2.42. The van der Waals surface area contributed by atoms with Gasteiger partial charge in [-0.05, 0) is 37.2 Å². The molecule has 2 aliphatic carbocycles. The normalized spacial score (nSPS) is 21.3. The monoisotopic (exact) mass is 399 g/mol. The zero-order chi connectivity index (χ0) is 19.5. The maximum absolute atomic E-state index is 12.5. The lowest BCUT2D eigenvalue weighted by molar-refractivity contribution is -0.139. The highest BCUT2D eigenvalue weighted by Crippen LogP contribution is 2.33. The molecule has 0 aliphatic heterocycles. The molecule has 0 atom stereocenters. The van der Waals surface area contributed by atoms with Gasteiger partial charge in [0.25, 0.3) is 5.91 Å². The van der Waals surface area contributed by atoms with Crippen molar-refractivity contribution in [2.24, 2.45) is 5.92 Å². The molecule has 6 nitrogen and oxygen atoms in total. The van der Waals surface area contributed by atoms with Gasteiger partial charge in [-0.15, -0.1) is 11.3 Å². The van der Waals surface area contributed by atoms with Crippen molar-refractivity contribution in [2.75, 3.05) is 13.1 Å². The molecule has 2 N–H and O–H groups in total. The predicted octanol–water partition coefficient (Wildman–Crippen LogP) is 2.79. The highest BCUT2D eigenvalue weighted by Gasteiger charge is 2.38. The highest BCUT2D eigenvalue weighted by molar-refractivity contribution is 7.09. The number of nitrogens with one attached hydrogen (secondary N) is 1. The smallest absolute Gasteiger partial charge is 0.317 e. The Labute approximate surface area is 168 Å². The molecule has 7 heteroatoms. The molecule has 148 valence electrons. The quantitative estimate of drug-likeness (QED) is 0.678. The van der Waals surface area contributed by atoms with Crippen molar-refractivity contribution in [3.05, 3.63) is 52.0 Å². The zero-order valence-electron chi connectivity index (χ0n) is 15.7. The molecule has 2 aromatic rings. The first-order valence-corrected chi connectivity index (χ1v) is 10.7. The van der Waals surface area contributed by atoms with Crippen molar-refractivity contribution in [3.63, 3.8) is 0 Å². The van der Waals surface area contributed by atoms with Crippen LogP contribution in [0.2, 0.25) is 0 Å². The van der Waals surface area contributed by atoms with E-state index < -0.39 is 5.97 Å². The number of carboxylic acids is 1. The summed E-state index contributed by atoms with van der Waals surface area (Å²) in [5.41, 5.74) is 1.65. The number of hydrogen-bond acceptors (Lipinski definition) is 5. The van der Waals surface area contributed by atoms with Crippen LogP contribution in [-0.2, 0) is 11.2 Å². The first-order chi connectivity index (χ1) is 13.6. The summed E-state index contributed by atoms with van der Waals surface area (Å²) in [4.78, 5) is 30.1. The zero-order valence-corrected chi connectivity index (χ0v) is 16.5. The molecule has 2 fully saturated rings. The van der Waals surface area contributed by atoms with E-state index in [9.17, 15) is 9.59 Å². The van der Waals surface area contributed by atoms with Crippen molar-refractivity contribution in [2.45, 2.75) is 44.2 Å². The largest absolute Gasteiger partial charge is 0.480 e. The Balaban J connectivity index is 1.26. The maximum atomic E-state index is 12.5. The molecule has 1 heterocycles. The topological polar surface area (TPSA) is 82.5 Å². The molecule has 1 aromatic heterocycles. The van der Waals surface area contributed by atoms with Crippen LogP contribution in [0.4, 0.5) is 0 Å². The summed E-state index contributed by atoms with van der Waals surface area (Å²) in [5, 5.41) is 14.9. The van der Waals surface area contributed by atoms with Gasteiger partial charge >= 0.3 is 5.97 Å². The summed E-state index contributed by atoms with van der Waals surface area (Å²) in [5.74, 6) is -0.251. The van der Waals surface area contributed by atoms with Gasteiger partial charge in [0.2, 0.25) is 0 Å². The number of aromatic nitrogens is 1. The summed E-state index contributed by atoms with van der Waals surface area (Å²) in [7, 11) is 0. The van der Waals surface area contributed by atoms with Crippen LogP contribution in [0.5, 0.6) is 0 Å². The molecule has 0 saturated heterocycles. The van der Waals surface area contributed by atoms with E-state index in [1.54, 1.807) is 0 Å². The average Bonchev–Trinajstić information content (AvgIpc) is 3.33. The van der Waals surface area contributed by atoms with E-state index in [4.69, 9.17) is 5.11 Å². The third kappa shape index (κ3) is 4.97. The van der Waals surface area contributed by atoms with E-state index in [0.29, 0.717) is 11.6 Å². The SMILES string of the molecule is O=C(O)CN(CC1CC1)C1CC(NC(=O)c2csc(Cc3ccccc3)n2)C1. The van der Waals surface area contributed by atoms with Crippen LogP contribution in [-0.4, -0.2) is 52.0 Å². The van der Waals surface area contributed by atoms with Gasteiger partial charge in [-0.2, -0.15) is 0 Å². The number of rotatable bonds is 9. The number of carboxylic acid groups (broad SMARTS) is 1. The van der Waals surface area contributed by atoms with Crippen molar-refractivity contribution in [1.29, 1.82) is 0 Å². The Kier molecular flexibility index (Phi) is 5.73. The Morgan fingerprint density at radius 1 is 1.21 bits per heavy atom. The van der Waals surface area contributed by atoms with Crippen LogP contribution in [0.3, 0.4) is 0 Å². The fraction of sp³-hybridized carbons (Fsp3) is 0.476. The van der Waals surface area contributed by atoms with E-state index >= 15 is 0 Å². The first kappa shape index (κ1) is 19.1. The minimum atomic E-state index is -0.776. The van der Waals surface area contributed by atoms with Gasteiger partial charge in [0, 0.05) is 30.4 Å². The number of thiazole rings is 1. The summed E-state index contributed by atoms with van der Waals surface area (Å²) in [6.45, 7) is 0.962. The molecule has 0 unspecified atom stereocenters. The molecule has 0 radical (unpaired) electrons. The third-order valence-corrected chi connectivity index (χ3v) is 6.32. The Hall–Kier alpha value is -2.25. The maximum Gasteiger partial charge on any atom is 0.317 e. The fourth-order valence-electron chi connectivity index (χ4n) is 3.68. The van der Waals surface area contributed by atoms with Crippen molar-refractivity contribution in [1.82, 2.24) is 15.2 Å². The second-order valence-electron chi connectivity index (χ2n) is 7.85. The first-order valence-electron chi connectivity index (χ1n) is 9.82. The minimum Gasteiger partial charge on any atom is -0.480 e. The van der Waals surface area contributed by atoms with Crippen molar-refractivity contribution >= 4 is 23.2 Å². The molecular weight excluding hydrogens is 374 g/mol. The number of nitrogens with zero attached hydrogens (tertiary/aromatic N) is 2. The molecule has 2 aliphatic rings. The molecule has 1 aromatic carbocycles. The molecule has 2 saturated carbocycles. The summed E-state index contributed by atoms with van der Waals surface area (Å²) in [6.07, 6.45) is 4.77. The molecular formula is C21H25N3O3S. The van der Waals surface area contributed by atoms with E-state index in [1.165, 1.54) is 29.7 Å².